The van der Waals surface area contributed by atoms with Gasteiger partial charge in [-0.2, -0.15) is 23.0 Å². The number of ether oxygens (including phenoxy) is 1. The summed E-state index contributed by atoms with van der Waals surface area (Å²) < 4.78 is 47.0. The summed E-state index contributed by atoms with van der Waals surface area (Å²) in [6, 6.07) is 9.66. The molecule has 2 aliphatic heterocycles. The van der Waals surface area contributed by atoms with Crippen molar-refractivity contribution in [3.05, 3.63) is 82.2 Å². The molecule has 1 fully saturated rings. The second kappa shape index (κ2) is 15.5. The minimum Gasteiger partial charge on any atom is -0.384 e. The molecule has 3 heterocycles. The number of aromatic nitrogens is 2. The number of amides is 2. The highest BCUT2D eigenvalue weighted by Crippen LogP contribution is 2.36. The average molecular weight is 671 g/mol. The fourth-order valence-corrected chi connectivity index (χ4v) is 5.36. The Morgan fingerprint density at radius 2 is 1.77 bits per heavy atom. The molecule has 14 heteroatoms. The summed E-state index contributed by atoms with van der Waals surface area (Å²) in [6.07, 6.45) is 4.18. The minimum atomic E-state index is -4.65. The van der Waals surface area contributed by atoms with Gasteiger partial charge in [0, 0.05) is 67.3 Å². The van der Waals surface area contributed by atoms with E-state index in [0.717, 1.165) is 87.7 Å². The molecule has 2 aromatic carbocycles. The van der Waals surface area contributed by atoms with Crippen LogP contribution in [0.2, 0.25) is 5.02 Å². The molecule has 0 unspecified atom stereocenters. The number of nitrogens with one attached hydrogen (secondary N) is 4. The number of anilines is 4. The highest BCUT2D eigenvalue weighted by Gasteiger charge is 2.33. The first-order valence-electron chi connectivity index (χ1n) is 15.4. The van der Waals surface area contributed by atoms with Crippen LogP contribution in [0.4, 0.5) is 40.8 Å². The van der Waals surface area contributed by atoms with Crippen molar-refractivity contribution in [2.75, 3.05) is 55.3 Å². The number of hydrogen-bond donors (Lipinski definition) is 4. The lowest BCUT2D eigenvalue weighted by Crippen LogP contribution is -2.40. The molecule has 0 radical (unpaired) electrons. The maximum atomic E-state index is 13.3. The number of allylic oxidation sites excluding steroid dienone is 2. The Bertz CT molecular complexity index is 1660. The van der Waals surface area contributed by atoms with Crippen LogP contribution in [0.1, 0.15) is 36.1 Å². The van der Waals surface area contributed by atoms with Gasteiger partial charge >= 0.3 is 12.2 Å². The number of nitrogens with zero attached hydrogens (tertiary/aromatic N) is 4. The van der Waals surface area contributed by atoms with Crippen LogP contribution in [0.15, 0.2) is 65.3 Å². The molecule has 47 heavy (non-hydrogen) atoms. The maximum Gasteiger partial charge on any atom is 0.417 e. The third-order valence-electron chi connectivity index (χ3n) is 7.61. The van der Waals surface area contributed by atoms with E-state index in [1.165, 1.54) is 6.07 Å². The molecule has 250 valence electrons. The summed E-state index contributed by atoms with van der Waals surface area (Å²) >= 11 is 5.70. The van der Waals surface area contributed by atoms with Gasteiger partial charge in [-0.1, -0.05) is 23.7 Å². The number of halogens is 4. The lowest BCUT2D eigenvalue weighted by molar-refractivity contribution is -0.137. The SMILES string of the molecule is Cc1cc(Nc2cc(NC(=O)Nc3ccc(Cl)c(C(F)(F)F)c3)ccc2C)n(C2=C/C(NCCN3CCOCC3)=C/CCC/C=N\2)n1. The van der Waals surface area contributed by atoms with Gasteiger partial charge in [-0.25, -0.2) is 9.79 Å². The summed E-state index contributed by atoms with van der Waals surface area (Å²) in [4.78, 5) is 19.9. The van der Waals surface area contributed by atoms with E-state index in [9.17, 15) is 18.0 Å². The standard InChI is InChI=1S/C33H38ClF3N8O2/c1-22-7-8-26(41-32(46)40-25-9-10-28(34)27(19-25)33(35,36)37)20-29(22)42-31-18-23(2)43-45(31)30-21-24(6-4-3-5-11-39-30)38-12-13-44-14-16-47-17-15-44/h6-11,18-21,38,42H,3-5,12-17H2,1-2H3,(H2,40,41,46)/b24-6-,30-21+,39-11-. The molecule has 3 aromatic rings. The molecule has 0 aliphatic carbocycles. The number of alkyl halides is 3. The fourth-order valence-electron chi connectivity index (χ4n) is 5.13. The second-order valence-corrected chi connectivity index (χ2v) is 11.7. The molecule has 2 amide bonds. The van der Waals surface area contributed by atoms with Crippen molar-refractivity contribution in [3.8, 4) is 0 Å². The Balaban J connectivity index is 1.31. The molecule has 4 N–H and O–H groups in total. The normalized spacial score (nSPS) is 18.9. The van der Waals surface area contributed by atoms with Crippen LogP contribution >= 0.6 is 11.6 Å². The molecule has 0 bridgehead atoms. The van der Waals surface area contributed by atoms with E-state index in [2.05, 4.69) is 32.2 Å². The Morgan fingerprint density at radius 3 is 2.53 bits per heavy atom. The minimum absolute atomic E-state index is 0.0445. The lowest BCUT2D eigenvalue weighted by Gasteiger charge is -2.26. The van der Waals surface area contributed by atoms with E-state index in [1.807, 2.05) is 38.3 Å². The molecule has 1 saturated heterocycles. The zero-order valence-corrected chi connectivity index (χ0v) is 27.0. The van der Waals surface area contributed by atoms with E-state index in [4.69, 9.17) is 26.4 Å². The number of aliphatic imine (C=N–C) groups is 1. The Kier molecular flexibility index (Phi) is 11.2. The highest BCUT2D eigenvalue weighted by atomic mass is 35.5. The van der Waals surface area contributed by atoms with Crippen LogP contribution in [0, 0.1) is 13.8 Å². The number of hydrogen-bond acceptors (Lipinski definition) is 7. The first kappa shape index (κ1) is 34.0. The van der Waals surface area contributed by atoms with Crippen molar-refractivity contribution < 1.29 is 22.7 Å². The van der Waals surface area contributed by atoms with Crippen LogP contribution in [0.25, 0.3) is 5.82 Å². The lowest BCUT2D eigenvalue weighted by atomic mass is 10.1. The van der Waals surface area contributed by atoms with Crippen LogP contribution < -0.4 is 21.3 Å². The number of rotatable bonds is 9. The van der Waals surface area contributed by atoms with E-state index >= 15 is 0 Å². The number of urea groups is 1. The Hall–Kier alpha value is -4.33. The number of carbonyl (C=O) groups is 1. The second-order valence-electron chi connectivity index (χ2n) is 11.3. The van der Waals surface area contributed by atoms with Crippen molar-refractivity contribution >= 4 is 52.5 Å². The predicted molar refractivity (Wildman–Crippen MR) is 180 cm³/mol. The zero-order chi connectivity index (χ0) is 33.4. The van der Waals surface area contributed by atoms with Crippen molar-refractivity contribution in [1.29, 1.82) is 0 Å². The van der Waals surface area contributed by atoms with Gasteiger partial charge < -0.3 is 26.0 Å². The molecule has 0 atom stereocenters. The van der Waals surface area contributed by atoms with Gasteiger partial charge in [0.2, 0.25) is 0 Å². The number of carbonyl (C=O) groups excluding carboxylic acids is 1. The van der Waals surface area contributed by atoms with E-state index < -0.39 is 22.8 Å². The van der Waals surface area contributed by atoms with Crippen LogP contribution in [0.3, 0.4) is 0 Å². The van der Waals surface area contributed by atoms with Crippen LogP contribution in [0.5, 0.6) is 0 Å². The van der Waals surface area contributed by atoms with Gasteiger partial charge in [0.15, 0.2) is 5.82 Å². The van der Waals surface area contributed by atoms with Gasteiger partial charge in [0.25, 0.3) is 0 Å². The molecule has 0 spiro atoms. The van der Waals surface area contributed by atoms with Crippen molar-refractivity contribution in [2.45, 2.75) is 39.3 Å². The van der Waals surface area contributed by atoms with Gasteiger partial charge in [-0.15, -0.1) is 0 Å². The van der Waals surface area contributed by atoms with E-state index in [-0.39, 0.29) is 5.69 Å². The van der Waals surface area contributed by atoms with E-state index in [0.29, 0.717) is 23.0 Å². The summed E-state index contributed by atoms with van der Waals surface area (Å²) in [5.74, 6) is 1.31. The summed E-state index contributed by atoms with van der Waals surface area (Å²) in [5.41, 5.74) is 2.70. The third kappa shape index (κ3) is 9.60. The number of benzene rings is 2. The molecule has 10 nitrogen and oxygen atoms in total. The number of morpholine rings is 1. The van der Waals surface area contributed by atoms with Gasteiger partial charge in [-0.3, -0.25) is 4.90 Å². The van der Waals surface area contributed by atoms with Crippen molar-refractivity contribution in [1.82, 2.24) is 20.0 Å². The number of aryl methyl sites for hydroxylation is 2. The quantitative estimate of drug-likeness (QED) is 0.189. The molecular formula is C33H38ClF3N8O2. The van der Waals surface area contributed by atoms with Crippen LogP contribution in [-0.4, -0.2) is 66.3 Å². The molecule has 1 aromatic heterocycles. The summed E-state index contributed by atoms with van der Waals surface area (Å²) in [5, 5.41) is 16.4. The predicted octanol–water partition coefficient (Wildman–Crippen LogP) is 7.42. The summed E-state index contributed by atoms with van der Waals surface area (Å²) in [7, 11) is 0. The molecule has 2 aliphatic rings. The van der Waals surface area contributed by atoms with Gasteiger partial charge in [0.1, 0.15) is 5.82 Å². The summed E-state index contributed by atoms with van der Waals surface area (Å²) in [6.45, 7) is 8.90. The molecule has 0 saturated carbocycles. The molecule has 5 rings (SSSR count). The topological polar surface area (TPSA) is 108 Å². The zero-order valence-electron chi connectivity index (χ0n) is 26.3. The largest absolute Gasteiger partial charge is 0.417 e. The maximum absolute atomic E-state index is 13.3. The Morgan fingerprint density at radius 1 is 1.02 bits per heavy atom. The van der Waals surface area contributed by atoms with Crippen molar-refractivity contribution in [2.24, 2.45) is 4.99 Å². The van der Waals surface area contributed by atoms with Crippen molar-refractivity contribution in [3.63, 3.8) is 0 Å². The first-order chi connectivity index (χ1) is 22.5. The molecular weight excluding hydrogens is 633 g/mol. The smallest absolute Gasteiger partial charge is 0.384 e. The van der Waals surface area contributed by atoms with Gasteiger partial charge in [-0.05, 0) is 69.0 Å². The Labute approximate surface area is 276 Å². The third-order valence-corrected chi connectivity index (χ3v) is 7.94. The van der Waals surface area contributed by atoms with Crippen LogP contribution in [-0.2, 0) is 10.9 Å². The first-order valence-corrected chi connectivity index (χ1v) is 15.8. The van der Waals surface area contributed by atoms with Gasteiger partial charge in [0.05, 0.1) is 29.5 Å². The van der Waals surface area contributed by atoms with E-state index in [1.54, 1.807) is 16.8 Å². The monoisotopic (exact) mass is 670 g/mol. The average Bonchev–Trinajstić information content (AvgIpc) is 3.44. The highest BCUT2D eigenvalue weighted by molar-refractivity contribution is 6.31. The fraction of sp³-hybridized carbons (Fsp3) is 0.364.